The Morgan fingerprint density at radius 2 is 2.20 bits per heavy atom. The lowest BCUT2D eigenvalue weighted by Crippen LogP contribution is -2.51. The van der Waals surface area contributed by atoms with E-state index in [0.717, 1.165) is 12.0 Å². The van der Waals surface area contributed by atoms with Gasteiger partial charge in [-0.15, -0.1) is 0 Å². The molecule has 0 aromatic heterocycles. The van der Waals surface area contributed by atoms with Crippen molar-refractivity contribution in [3.63, 3.8) is 0 Å². The van der Waals surface area contributed by atoms with Gasteiger partial charge in [-0.1, -0.05) is 33.1 Å². The van der Waals surface area contributed by atoms with E-state index in [1.165, 1.54) is 32.2 Å². The van der Waals surface area contributed by atoms with Crippen LogP contribution < -0.4 is 5.32 Å². The predicted molar refractivity (Wildman–Crippen MR) is 45.1 cm³/mol. The smallest absolute Gasteiger partial charge is 0.0105 e. The molecule has 1 heteroatoms. The van der Waals surface area contributed by atoms with Crippen LogP contribution >= 0.6 is 0 Å². The first kappa shape index (κ1) is 8.06. The van der Waals surface area contributed by atoms with Crippen LogP contribution in [0.1, 0.15) is 39.5 Å². The van der Waals surface area contributed by atoms with Gasteiger partial charge in [-0.05, 0) is 18.9 Å². The van der Waals surface area contributed by atoms with Gasteiger partial charge in [0.15, 0.2) is 0 Å². The van der Waals surface area contributed by atoms with Gasteiger partial charge in [0.05, 0.1) is 0 Å². The van der Waals surface area contributed by atoms with E-state index in [1.807, 2.05) is 0 Å². The van der Waals surface area contributed by atoms with Gasteiger partial charge in [0.25, 0.3) is 0 Å². The Morgan fingerprint density at radius 3 is 2.60 bits per heavy atom. The Balaban J connectivity index is 1.92. The highest BCUT2D eigenvalue weighted by Crippen LogP contribution is 2.17. The van der Waals surface area contributed by atoms with E-state index in [4.69, 9.17) is 0 Å². The van der Waals surface area contributed by atoms with E-state index in [9.17, 15) is 0 Å². The Hall–Kier alpha value is -0.0400. The maximum absolute atomic E-state index is 3.45. The fraction of sp³-hybridized carbons (Fsp3) is 1.00. The van der Waals surface area contributed by atoms with Gasteiger partial charge in [0.2, 0.25) is 0 Å². The summed E-state index contributed by atoms with van der Waals surface area (Å²) in [6.45, 7) is 5.85. The first-order valence-corrected chi connectivity index (χ1v) is 4.58. The van der Waals surface area contributed by atoms with E-state index in [0.29, 0.717) is 0 Å². The van der Waals surface area contributed by atoms with E-state index >= 15 is 0 Å². The summed E-state index contributed by atoms with van der Waals surface area (Å²) in [5.74, 6) is 0.942. The number of nitrogens with one attached hydrogen (secondary N) is 1. The Labute approximate surface area is 64.2 Å². The van der Waals surface area contributed by atoms with E-state index in [-0.39, 0.29) is 0 Å². The molecular weight excluding hydrogens is 122 g/mol. The van der Waals surface area contributed by atoms with Crippen molar-refractivity contribution in [2.75, 3.05) is 6.54 Å². The maximum atomic E-state index is 3.45. The molecule has 10 heavy (non-hydrogen) atoms. The first-order valence-electron chi connectivity index (χ1n) is 4.58. The van der Waals surface area contributed by atoms with Crippen LogP contribution in [0, 0.1) is 5.92 Å². The zero-order valence-corrected chi connectivity index (χ0v) is 7.19. The SMILES string of the molecule is CCCCCC1NCC1C. The van der Waals surface area contributed by atoms with Crippen molar-refractivity contribution in [1.29, 1.82) is 0 Å². The van der Waals surface area contributed by atoms with Gasteiger partial charge < -0.3 is 5.32 Å². The van der Waals surface area contributed by atoms with Crippen LogP contribution in [-0.2, 0) is 0 Å². The normalized spacial score (nSPS) is 31.8. The molecule has 0 spiro atoms. The van der Waals surface area contributed by atoms with Gasteiger partial charge in [-0.2, -0.15) is 0 Å². The van der Waals surface area contributed by atoms with Gasteiger partial charge in [-0.25, -0.2) is 0 Å². The summed E-state index contributed by atoms with van der Waals surface area (Å²) < 4.78 is 0. The summed E-state index contributed by atoms with van der Waals surface area (Å²) in [6.07, 6.45) is 5.57. The van der Waals surface area contributed by atoms with E-state index < -0.39 is 0 Å². The van der Waals surface area contributed by atoms with Crippen molar-refractivity contribution in [2.24, 2.45) is 5.92 Å². The lowest BCUT2D eigenvalue weighted by Gasteiger charge is -2.35. The molecule has 2 unspecified atom stereocenters. The highest BCUT2D eigenvalue weighted by molar-refractivity contribution is 4.84. The summed E-state index contributed by atoms with van der Waals surface area (Å²) in [5, 5.41) is 3.45. The summed E-state index contributed by atoms with van der Waals surface area (Å²) in [7, 11) is 0. The molecule has 1 aliphatic rings. The molecule has 0 saturated carbocycles. The highest BCUT2D eigenvalue weighted by Gasteiger charge is 2.24. The zero-order valence-electron chi connectivity index (χ0n) is 7.19. The molecule has 0 bridgehead atoms. The topological polar surface area (TPSA) is 12.0 Å². The molecule has 1 saturated heterocycles. The van der Waals surface area contributed by atoms with Crippen molar-refractivity contribution in [2.45, 2.75) is 45.6 Å². The molecule has 1 aliphatic heterocycles. The lowest BCUT2D eigenvalue weighted by molar-refractivity contribution is 0.234. The summed E-state index contributed by atoms with van der Waals surface area (Å²) >= 11 is 0. The highest BCUT2D eigenvalue weighted by atomic mass is 15.0. The first-order chi connectivity index (χ1) is 4.84. The van der Waals surface area contributed by atoms with Crippen LogP contribution in [0.3, 0.4) is 0 Å². The van der Waals surface area contributed by atoms with Crippen LogP contribution in [0.25, 0.3) is 0 Å². The molecule has 0 amide bonds. The van der Waals surface area contributed by atoms with Crippen molar-refractivity contribution in [1.82, 2.24) is 5.32 Å². The molecular formula is C9H19N. The monoisotopic (exact) mass is 141 g/mol. The van der Waals surface area contributed by atoms with Crippen LogP contribution in [0.5, 0.6) is 0 Å². The van der Waals surface area contributed by atoms with Crippen LogP contribution in [-0.4, -0.2) is 12.6 Å². The minimum absolute atomic E-state index is 0.853. The molecule has 0 radical (unpaired) electrons. The van der Waals surface area contributed by atoms with E-state index in [2.05, 4.69) is 19.2 Å². The second-order valence-electron chi connectivity index (χ2n) is 3.49. The molecule has 60 valence electrons. The lowest BCUT2D eigenvalue weighted by atomic mass is 9.89. The molecule has 1 nitrogen and oxygen atoms in total. The van der Waals surface area contributed by atoms with Crippen molar-refractivity contribution < 1.29 is 0 Å². The minimum Gasteiger partial charge on any atom is -0.313 e. The second kappa shape index (κ2) is 3.97. The van der Waals surface area contributed by atoms with Crippen LogP contribution in [0.15, 0.2) is 0 Å². The molecule has 1 N–H and O–H groups in total. The third kappa shape index (κ3) is 1.98. The third-order valence-electron chi connectivity index (χ3n) is 2.51. The Morgan fingerprint density at radius 1 is 1.40 bits per heavy atom. The fourth-order valence-electron chi connectivity index (χ4n) is 1.52. The summed E-state index contributed by atoms with van der Waals surface area (Å²) in [5.41, 5.74) is 0. The molecule has 1 rings (SSSR count). The molecule has 0 aromatic rings. The molecule has 1 fully saturated rings. The zero-order chi connectivity index (χ0) is 7.40. The molecule has 1 heterocycles. The van der Waals surface area contributed by atoms with Gasteiger partial charge in [0.1, 0.15) is 0 Å². The number of hydrogen-bond acceptors (Lipinski definition) is 1. The molecule has 0 aliphatic carbocycles. The average Bonchev–Trinajstić information content (AvgIpc) is 1.95. The fourth-order valence-corrected chi connectivity index (χ4v) is 1.52. The molecule has 2 atom stereocenters. The Kier molecular flexibility index (Phi) is 3.20. The van der Waals surface area contributed by atoms with Crippen molar-refractivity contribution in [3.05, 3.63) is 0 Å². The van der Waals surface area contributed by atoms with Crippen molar-refractivity contribution >= 4 is 0 Å². The summed E-state index contributed by atoms with van der Waals surface area (Å²) in [6, 6.07) is 0.853. The Bertz CT molecular complexity index is 90.7. The largest absolute Gasteiger partial charge is 0.313 e. The van der Waals surface area contributed by atoms with Gasteiger partial charge in [0, 0.05) is 6.04 Å². The van der Waals surface area contributed by atoms with Gasteiger partial charge in [-0.3, -0.25) is 0 Å². The maximum Gasteiger partial charge on any atom is 0.0105 e. The number of unbranched alkanes of at least 4 members (excludes halogenated alkanes) is 2. The van der Waals surface area contributed by atoms with Gasteiger partial charge >= 0.3 is 0 Å². The summed E-state index contributed by atoms with van der Waals surface area (Å²) in [4.78, 5) is 0. The van der Waals surface area contributed by atoms with Crippen molar-refractivity contribution in [3.8, 4) is 0 Å². The third-order valence-corrected chi connectivity index (χ3v) is 2.51. The quantitative estimate of drug-likeness (QED) is 0.592. The minimum atomic E-state index is 0.853. The predicted octanol–water partition coefficient (Wildman–Crippen LogP) is 2.17. The molecule has 0 aromatic carbocycles. The number of hydrogen-bond donors (Lipinski definition) is 1. The number of rotatable bonds is 4. The van der Waals surface area contributed by atoms with E-state index in [1.54, 1.807) is 0 Å². The average molecular weight is 141 g/mol. The van der Waals surface area contributed by atoms with Crippen LogP contribution in [0.4, 0.5) is 0 Å². The standard InChI is InChI=1S/C9H19N/c1-3-4-5-6-9-8(2)7-10-9/h8-10H,3-7H2,1-2H3. The van der Waals surface area contributed by atoms with Crippen LogP contribution in [0.2, 0.25) is 0 Å². The second-order valence-corrected chi connectivity index (χ2v) is 3.49.